The molecule has 17 heavy (non-hydrogen) atoms. The fraction of sp³-hybridized carbons (Fsp3) is 0.385. The molecule has 1 aliphatic heterocycles. The van der Waals surface area contributed by atoms with Gasteiger partial charge in [0.2, 0.25) is 5.91 Å². The maximum Gasteiger partial charge on any atom is 0.417 e. The Hall–Kier alpha value is -1.84. The summed E-state index contributed by atoms with van der Waals surface area (Å²) in [6, 6.07) is 9.40. The van der Waals surface area contributed by atoms with Crippen LogP contribution in [0.25, 0.3) is 0 Å². The molecule has 0 aromatic heterocycles. The SMILES string of the molecule is CCC(=O)N1C(=O)OCC[C@@H]1c1ccccc1. The number of carbonyl (C=O) groups is 2. The highest BCUT2D eigenvalue weighted by atomic mass is 16.6. The summed E-state index contributed by atoms with van der Waals surface area (Å²) in [7, 11) is 0. The zero-order valence-electron chi connectivity index (χ0n) is 9.76. The largest absolute Gasteiger partial charge is 0.449 e. The minimum Gasteiger partial charge on any atom is -0.449 e. The summed E-state index contributed by atoms with van der Waals surface area (Å²) < 4.78 is 4.93. The van der Waals surface area contributed by atoms with Gasteiger partial charge in [-0.05, 0) is 5.56 Å². The fourth-order valence-corrected chi connectivity index (χ4v) is 2.02. The van der Waals surface area contributed by atoms with E-state index in [1.807, 2.05) is 30.3 Å². The third kappa shape index (κ3) is 2.30. The highest BCUT2D eigenvalue weighted by molar-refractivity contribution is 5.92. The zero-order chi connectivity index (χ0) is 12.3. The van der Waals surface area contributed by atoms with E-state index in [1.165, 1.54) is 4.90 Å². The van der Waals surface area contributed by atoms with Crippen molar-refractivity contribution < 1.29 is 14.3 Å². The summed E-state index contributed by atoms with van der Waals surface area (Å²) >= 11 is 0. The topological polar surface area (TPSA) is 46.6 Å². The molecule has 1 aromatic rings. The Morgan fingerprint density at radius 3 is 2.76 bits per heavy atom. The number of ether oxygens (including phenoxy) is 1. The first-order valence-electron chi connectivity index (χ1n) is 5.77. The predicted molar refractivity (Wildman–Crippen MR) is 62.3 cm³/mol. The molecule has 0 bridgehead atoms. The summed E-state index contributed by atoms with van der Waals surface area (Å²) in [5.41, 5.74) is 0.978. The molecule has 4 nitrogen and oxygen atoms in total. The van der Waals surface area contributed by atoms with Crippen LogP contribution in [0.5, 0.6) is 0 Å². The van der Waals surface area contributed by atoms with Gasteiger partial charge in [-0.15, -0.1) is 0 Å². The molecule has 1 aliphatic rings. The van der Waals surface area contributed by atoms with Crippen LogP contribution in [0.3, 0.4) is 0 Å². The van der Waals surface area contributed by atoms with Crippen LogP contribution in [-0.2, 0) is 9.53 Å². The quantitative estimate of drug-likeness (QED) is 0.788. The lowest BCUT2D eigenvalue weighted by atomic mass is 10.0. The van der Waals surface area contributed by atoms with E-state index in [0.717, 1.165) is 5.56 Å². The monoisotopic (exact) mass is 233 g/mol. The summed E-state index contributed by atoms with van der Waals surface area (Å²) in [4.78, 5) is 24.7. The molecule has 1 aromatic carbocycles. The third-order valence-electron chi connectivity index (χ3n) is 2.88. The Balaban J connectivity index is 2.30. The summed E-state index contributed by atoms with van der Waals surface area (Å²) in [5.74, 6) is -0.191. The fourth-order valence-electron chi connectivity index (χ4n) is 2.02. The number of imide groups is 1. The molecule has 1 heterocycles. The van der Waals surface area contributed by atoms with Gasteiger partial charge in [-0.3, -0.25) is 4.79 Å². The number of carbonyl (C=O) groups excluding carboxylic acids is 2. The molecule has 1 saturated heterocycles. The number of amides is 2. The van der Waals surface area contributed by atoms with Gasteiger partial charge in [-0.25, -0.2) is 9.69 Å². The van der Waals surface area contributed by atoms with Crippen LogP contribution < -0.4 is 0 Å². The summed E-state index contributed by atoms with van der Waals surface area (Å²) in [5, 5.41) is 0. The first-order valence-corrected chi connectivity index (χ1v) is 5.77. The normalized spacial score (nSPS) is 19.9. The van der Waals surface area contributed by atoms with Gasteiger partial charge in [0.1, 0.15) is 0 Å². The van der Waals surface area contributed by atoms with Crippen molar-refractivity contribution in [1.82, 2.24) is 4.90 Å². The molecule has 0 saturated carbocycles. The van der Waals surface area contributed by atoms with Crippen LogP contribution in [0, 0.1) is 0 Å². The van der Waals surface area contributed by atoms with E-state index in [1.54, 1.807) is 6.92 Å². The van der Waals surface area contributed by atoms with Gasteiger partial charge in [0.25, 0.3) is 0 Å². The van der Waals surface area contributed by atoms with E-state index in [2.05, 4.69) is 0 Å². The average Bonchev–Trinajstić information content (AvgIpc) is 2.38. The van der Waals surface area contributed by atoms with Gasteiger partial charge in [0.15, 0.2) is 0 Å². The van der Waals surface area contributed by atoms with Crippen molar-refractivity contribution in [2.24, 2.45) is 0 Å². The molecule has 1 fully saturated rings. The van der Waals surface area contributed by atoms with E-state index in [4.69, 9.17) is 4.74 Å². The molecule has 1 atom stereocenters. The number of hydrogen-bond acceptors (Lipinski definition) is 3. The van der Waals surface area contributed by atoms with Crippen molar-refractivity contribution in [2.75, 3.05) is 6.61 Å². The third-order valence-corrected chi connectivity index (χ3v) is 2.88. The number of cyclic esters (lactones) is 1. The molecule has 0 radical (unpaired) electrons. The molecule has 0 N–H and O–H groups in total. The van der Waals surface area contributed by atoms with Crippen molar-refractivity contribution in [1.29, 1.82) is 0 Å². The van der Waals surface area contributed by atoms with Crippen molar-refractivity contribution >= 4 is 12.0 Å². The lowest BCUT2D eigenvalue weighted by Gasteiger charge is -2.33. The van der Waals surface area contributed by atoms with E-state index in [9.17, 15) is 9.59 Å². The zero-order valence-corrected chi connectivity index (χ0v) is 9.76. The van der Waals surface area contributed by atoms with Gasteiger partial charge in [0.05, 0.1) is 12.6 Å². The van der Waals surface area contributed by atoms with Crippen LogP contribution in [0.1, 0.15) is 31.4 Å². The molecule has 0 aliphatic carbocycles. The van der Waals surface area contributed by atoms with Gasteiger partial charge in [-0.2, -0.15) is 0 Å². The first kappa shape index (κ1) is 11.6. The molecular formula is C13H15NO3. The number of rotatable bonds is 2. The lowest BCUT2D eigenvalue weighted by molar-refractivity contribution is -0.133. The Bertz CT molecular complexity index is 408. The second-order valence-corrected chi connectivity index (χ2v) is 3.95. The highest BCUT2D eigenvalue weighted by Gasteiger charge is 2.34. The van der Waals surface area contributed by atoms with Gasteiger partial charge in [-0.1, -0.05) is 37.3 Å². The molecular weight excluding hydrogens is 218 g/mol. The molecule has 90 valence electrons. The Morgan fingerprint density at radius 1 is 1.41 bits per heavy atom. The van der Waals surface area contributed by atoms with E-state index < -0.39 is 6.09 Å². The minimum absolute atomic E-state index is 0.190. The highest BCUT2D eigenvalue weighted by Crippen LogP contribution is 2.29. The van der Waals surface area contributed by atoms with Gasteiger partial charge < -0.3 is 4.74 Å². The van der Waals surface area contributed by atoms with Crippen LogP contribution in [0.4, 0.5) is 4.79 Å². The van der Waals surface area contributed by atoms with Gasteiger partial charge >= 0.3 is 6.09 Å². The summed E-state index contributed by atoms with van der Waals surface area (Å²) in [6.45, 7) is 2.11. The van der Waals surface area contributed by atoms with Crippen molar-refractivity contribution in [3.8, 4) is 0 Å². The van der Waals surface area contributed by atoms with Crippen molar-refractivity contribution in [2.45, 2.75) is 25.8 Å². The molecule has 4 heteroatoms. The van der Waals surface area contributed by atoms with E-state index in [-0.39, 0.29) is 11.9 Å². The Morgan fingerprint density at radius 2 is 2.12 bits per heavy atom. The first-order chi connectivity index (χ1) is 8.24. The molecule has 2 rings (SSSR count). The van der Waals surface area contributed by atoms with Crippen molar-refractivity contribution in [3.63, 3.8) is 0 Å². The van der Waals surface area contributed by atoms with E-state index >= 15 is 0 Å². The predicted octanol–water partition coefficient (Wildman–Crippen LogP) is 2.51. The summed E-state index contributed by atoms with van der Waals surface area (Å²) in [6.07, 6.45) is 0.428. The van der Waals surface area contributed by atoms with Crippen LogP contribution in [0.2, 0.25) is 0 Å². The molecule has 0 spiro atoms. The number of hydrogen-bond donors (Lipinski definition) is 0. The minimum atomic E-state index is -0.531. The van der Waals surface area contributed by atoms with Crippen LogP contribution >= 0.6 is 0 Å². The second-order valence-electron chi connectivity index (χ2n) is 3.95. The Kier molecular flexibility index (Phi) is 3.42. The molecule has 0 unspecified atom stereocenters. The van der Waals surface area contributed by atoms with Crippen LogP contribution in [-0.4, -0.2) is 23.5 Å². The van der Waals surface area contributed by atoms with Crippen molar-refractivity contribution in [3.05, 3.63) is 35.9 Å². The van der Waals surface area contributed by atoms with Gasteiger partial charge in [0, 0.05) is 12.8 Å². The van der Waals surface area contributed by atoms with Crippen LogP contribution in [0.15, 0.2) is 30.3 Å². The lowest BCUT2D eigenvalue weighted by Crippen LogP contribution is -2.44. The smallest absolute Gasteiger partial charge is 0.417 e. The standard InChI is InChI=1S/C13H15NO3/c1-2-12(15)14-11(8-9-17-13(14)16)10-6-4-3-5-7-10/h3-7,11H,2,8-9H2,1H3/t11-/m1/s1. The number of nitrogens with zero attached hydrogens (tertiary/aromatic N) is 1. The maximum atomic E-state index is 11.8. The maximum absolute atomic E-state index is 11.8. The second kappa shape index (κ2) is 4.99. The number of benzene rings is 1. The van der Waals surface area contributed by atoms with E-state index in [0.29, 0.717) is 19.4 Å². The average molecular weight is 233 g/mol. The molecule has 2 amide bonds. The Labute approximate surface area is 100 Å².